The lowest BCUT2D eigenvalue weighted by Crippen LogP contribution is -2.39. The Kier molecular flexibility index (Phi) is 10.4. The van der Waals surface area contributed by atoms with Gasteiger partial charge >= 0.3 is 6.09 Å². The molecule has 0 saturated heterocycles. The van der Waals surface area contributed by atoms with E-state index in [1.54, 1.807) is 6.07 Å². The van der Waals surface area contributed by atoms with Gasteiger partial charge in [0, 0.05) is 16.9 Å². The second kappa shape index (κ2) is 14.0. The third-order valence-corrected chi connectivity index (χ3v) is 7.95. The number of amides is 2. The summed E-state index contributed by atoms with van der Waals surface area (Å²) < 4.78 is 20.6. The maximum atomic E-state index is 14.4. The van der Waals surface area contributed by atoms with Gasteiger partial charge in [-0.15, -0.1) is 0 Å². The summed E-state index contributed by atoms with van der Waals surface area (Å²) in [5.74, 6) is -0.356. The van der Waals surface area contributed by atoms with E-state index in [4.69, 9.17) is 10.00 Å². The number of carbonyl (C=O) groups is 2. The predicted molar refractivity (Wildman–Crippen MR) is 165 cm³/mol. The highest BCUT2D eigenvalue weighted by molar-refractivity contribution is 9.10. The van der Waals surface area contributed by atoms with Crippen LogP contribution in [0.5, 0.6) is 0 Å². The molecule has 3 aromatic rings. The highest BCUT2D eigenvalue weighted by atomic mass is 79.9. The Bertz CT molecular complexity index is 1440. The molecule has 0 heterocycles. The van der Waals surface area contributed by atoms with Crippen LogP contribution in [-0.4, -0.2) is 24.1 Å². The number of halogens is 2. The minimum atomic E-state index is -0.567. The Morgan fingerprint density at radius 3 is 2.38 bits per heavy atom. The number of nitrogens with zero attached hydrogens (tertiary/aromatic N) is 1. The smallest absolute Gasteiger partial charge is 0.407 e. The lowest BCUT2D eigenvalue weighted by molar-refractivity contribution is -0.127. The molecular formula is C34H37BrFN3O3. The zero-order chi connectivity index (χ0) is 30.3. The van der Waals surface area contributed by atoms with Gasteiger partial charge in [-0.3, -0.25) is 4.79 Å². The first-order valence-electron chi connectivity index (χ1n) is 14.3. The number of alkyl carbamates (subject to hydrolysis) is 1. The third-order valence-electron chi connectivity index (χ3n) is 7.50. The molecule has 1 fully saturated rings. The average molecular weight is 635 g/mol. The van der Waals surface area contributed by atoms with Gasteiger partial charge in [-0.2, -0.15) is 5.26 Å². The lowest BCUT2D eigenvalue weighted by Gasteiger charge is -2.30. The molecule has 2 N–H and O–H groups in total. The molecule has 1 atom stereocenters. The highest BCUT2D eigenvalue weighted by Crippen LogP contribution is 2.33. The van der Waals surface area contributed by atoms with Gasteiger partial charge in [0.25, 0.3) is 0 Å². The summed E-state index contributed by atoms with van der Waals surface area (Å²) in [5.41, 5.74) is 2.88. The molecule has 3 aromatic carbocycles. The Morgan fingerprint density at radius 1 is 1.02 bits per heavy atom. The zero-order valence-electron chi connectivity index (χ0n) is 24.3. The van der Waals surface area contributed by atoms with Crippen LogP contribution in [0.4, 0.5) is 9.18 Å². The Balaban J connectivity index is 1.47. The molecule has 6 nitrogen and oxygen atoms in total. The van der Waals surface area contributed by atoms with E-state index in [0.29, 0.717) is 24.4 Å². The van der Waals surface area contributed by atoms with E-state index >= 15 is 0 Å². The molecule has 0 spiro atoms. The van der Waals surface area contributed by atoms with E-state index in [1.807, 2.05) is 75.4 Å². The van der Waals surface area contributed by atoms with Crippen molar-refractivity contribution in [3.05, 3.63) is 93.7 Å². The van der Waals surface area contributed by atoms with Crippen molar-refractivity contribution >= 4 is 27.9 Å². The molecule has 0 radical (unpaired) electrons. The van der Waals surface area contributed by atoms with Crippen molar-refractivity contribution in [2.24, 2.45) is 11.8 Å². The molecule has 220 valence electrons. The summed E-state index contributed by atoms with van der Waals surface area (Å²) in [6.45, 7) is 6.05. The number of hydrogen-bond donors (Lipinski definition) is 2. The molecule has 4 rings (SSSR count). The van der Waals surface area contributed by atoms with Gasteiger partial charge in [-0.1, -0.05) is 52.3 Å². The van der Waals surface area contributed by atoms with Crippen molar-refractivity contribution < 1.29 is 18.7 Å². The number of rotatable bonds is 8. The Morgan fingerprint density at radius 2 is 1.74 bits per heavy atom. The van der Waals surface area contributed by atoms with Crippen LogP contribution in [0.25, 0.3) is 11.1 Å². The van der Waals surface area contributed by atoms with Crippen LogP contribution in [0.1, 0.15) is 69.2 Å². The SMILES string of the molecule is CC(C)(C)OC(=O)NCC1CCC(C(=O)NC(Cc2ccccc2)c2cc(Br)cc(-c3ccc(C#N)c(F)c3)c2)CC1. The van der Waals surface area contributed by atoms with Gasteiger partial charge < -0.3 is 15.4 Å². The van der Waals surface area contributed by atoms with Crippen molar-refractivity contribution in [1.29, 1.82) is 5.26 Å². The maximum Gasteiger partial charge on any atom is 0.407 e. The van der Waals surface area contributed by atoms with Crippen molar-refractivity contribution in [2.45, 2.75) is 64.5 Å². The first-order chi connectivity index (χ1) is 20.0. The van der Waals surface area contributed by atoms with Crippen LogP contribution in [0, 0.1) is 29.0 Å². The highest BCUT2D eigenvalue weighted by Gasteiger charge is 2.29. The van der Waals surface area contributed by atoms with Gasteiger partial charge in [0.1, 0.15) is 17.5 Å². The normalized spacial score (nSPS) is 17.5. The second-order valence-electron chi connectivity index (χ2n) is 11.9. The van der Waals surface area contributed by atoms with Crippen LogP contribution >= 0.6 is 15.9 Å². The Hall–Kier alpha value is -3.70. The van der Waals surface area contributed by atoms with Gasteiger partial charge in [-0.05, 0) is 111 Å². The van der Waals surface area contributed by atoms with Crippen molar-refractivity contribution in [3.63, 3.8) is 0 Å². The molecule has 2 amide bonds. The van der Waals surface area contributed by atoms with Crippen molar-refractivity contribution in [2.75, 3.05) is 6.54 Å². The molecule has 42 heavy (non-hydrogen) atoms. The van der Waals surface area contributed by atoms with E-state index in [-0.39, 0.29) is 23.4 Å². The first-order valence-corrected chi connectivity index (χ1v) is 15.1. The summed E-state index contributed by atoms with van der Waals surface area (Å²) in [6.07, 6.45) is 3.38. The predicted octanol–water partition coefficient (Wildman–Crippen LogP) is 7.86. The lowest BCUT2D eigenvalue weighted by atomic mass is 9.81. The van der Waals surface area contributed by atoms with Gasteiger partial charge in [0.15, 0.2) is 0 Å². The maximum absolute atomic E-state index is 14.4. The number of nitrogens with one attached hydrogen (secondary N) is 2. The quantitative estimate of drug-likeness (QED) is 0.264. The van der Waals surface area contributed by atoms with Crippen molar-refractivity contribution in [1.82, 2.24) is 10.6 Å². The summed E-state index contributed by atoms with van der Waals surface area (Å²) in [5, 5.41) is 15.3. The van der Waals surface area contributed by atoms with Crippen LogP contribution in [-0.2, 0) is 16.0 Å². The number of nitriles is 1. The van der Waals surface area contributed by atoms with Gasteiger partial charge in [0.05, 0.1) is 11.6 Å². The first kappa shape index (κ1) is 31.2. The van der Waals surface area contributed by atoms with Gasteiger partial charge in [0.2, 0.25) is 5.91 Å². The minimum absolute atomic E-state index is 0.00136. The summed E-state index contributed by atoms with van der Waals surface area (Å²) in [6, 6.07) is 22.0. The van der Waals surface area contributed by atoms with E-state index < -0.39 is 17.5 Å². The number of carbonyl (C=O) groups excluding carboxylic acids is 2. The summed E-state index contributed by atoms with van der Waals surface area (Å²) >= 11 is 3.60. The molecule has 0 bridgehead atoms. The summed E-state index contributed by atoms with van der Waals surface area (Å²) in [4.78, 5) is 25.6. The van der Waals surface area contributed by atoms with E-state index in [9.17, 15) is 14.0 Å². The standard InChI is InChI=1S/C34H37BrFN3O3/c1-34(2,3)42-33(41)38-21-23-9-11-24(12-10-23)32(40)39-31(15-22-7-5-4-6-8-22)28-16-27(17-29(35)18-28)25-13-14-26(20-37)30(36)19-25/h4-8,13-14,16-19,23-24,31H,9-12,15,21H2,1-3H3,(H,38,41)(H,39,40). The molecular weight excluding hydrogens is 597 g/mol. The average Bonchev–Trinajstić information content (AvgIpc) is 2.95. The molecule has 1 unspecified atom stereocenters. The number of hydrogen-bond acceptors (Lipinski definition) is 4. The van der Waals surface area contributed by atoms with Crippen LogP contribution in [0.15, 0.2) is 71.2 Å². The van der Waals surface area contributed by atoms with E-state index in [2.05, 4.69) is 26.6 Å². The van der Waals surface area contributed by atoms with Crippen LogP contribution in [0.2, 0.25) is 0 Å². The summed E-state index contributed by atoms with van der Waals surface area (Å²) in [7, 11) is 0. The van der Waals surface area contributed by atoms with E-state index in [1.165, 1.54) is 12.1 Å². The molecule has 1 saturated carbocycles. The molecule has 8 heteroatoms. The van der Waals surface area contributed by atoms with Gasteiger partial charge in [-0.25, -0.2) is 9.18 Å². The topological polar surface area (TPSA) is 91.2 Å². The van der Waals surface area contributed by atoms with Crippen LogP contribution < -0.4 is 10.6 Å². The van der Waals surface area contributed by atoms with Crippen molar-refractivity contribution in [3.8, 4) is 17.2 Å². The largest absolute Gasteiger partial charge is 0.444 e. The fraction of sp³-hybridized carbons (Fsp3) is 0.382. The number of benzene rings is 3. The molecule has 0 aliphatic heterocycles. The number of ether oxygens (including phenoxy) is 1. The molecule has 0 aromatic heterocycles. The van der Waals surface area contributed by atoms with Crippen LogP contribution in [0.3, 0.4) is 0 Å². The van der Waals surface area contributed by atoms with E-state index in [0.717, 1.165) is 46.8 Å². The minimum Gasteiger partial charge on any atom is -0.444 e. The second-order valence-corrected chi connectivity index (χ2v) is 12.8. The third kappa shape index (κ3) is 8.90. The monoisotopic (exact) mass is 633 g/mol. The Labute approximate surface area is 255 Å². The molecule has 1 aliphatic rings. The fourth-order valence-corrected chi connectivity index (χ4v) is 5.84. The molecule has 1 aliphatic carbocycles. The zero-order valence-corrected chi connectivity index (χ0v) is 25.8. The fourth-order valence-electron chi connectivity index (χ4n) is 5.33.